The molecule has 0 atom stereocenters. The second-order valence-corrected chi connectivity index (χ2v) is 6.13. The number of rotatable bonds is 7. The van der Waals surface area contributed by atoms with Crippen molar-refractivity contribution < 1.29 is 4.79 Å². The Morgan fingerprint density at radius 2 is 1.95 bits per heavy atom. The largest absolute Gasteiger partial charge is 0.369 e. The Kier molecular flexibility index (Phi) is 6.39. The van der Waals surface area contributed by atoms with Crippen molar-refractivity contribution in [2.24, 2.45) is 0 Å². The molecule has 118 valence electrons. The van der Waals surface area contributed by atoms with Crippen LogP contribution < -0.4 is 16.0 Å². The van der Waals surface area contributed by atoms with Gasteiger partial charge in [0.2, 0.25) is 11.9 Å². The van der Waals surface area contributed by atoms with E-state index in [0.717, 1.165) is 24.3 Å². The van der Waals surface area contributed by atoms with E-state index in [1.807, 2.05) is 27.7 Å². The fourth-order valence-electron chi connectivity index (χ4n) is 1.72. The molecular formula is C15H27N5O. The van der Waals surface area contributed by atoms with Crippen LogP contribution in [0.4, 0.5) is 11.8 Å². The molecule has 3 N–H and O–H groups in total. The van der Waals surface area contributed by atoms with Crippen molar-refractivity contribution in [1.82, 2.24) is 15.3 Å². The molecule has 0 unspecified atom stereocenters. The van der Waals surface area contributed by atoms with Crippen LogP contribution in [-0.2, 0) is 4.79 Å². The highest BCUT2D eigenvalue weighted by Gasteiger charge is 2.13. The zero-order valence-corrected chi connectivity index (χ0v) is 13.7. The quantitative estimate of drug-likeness (QED) is 0.719. The molecule has 1 rings (SSSR count). The number of nitrogens with one attached hydrogen (secondary N) is 3. The van der Waals surface area contributed by atoms with Gasteiger partial charge in [0.25, 0.3) is 0 Å². The second kappa shape index (κ2) is 7.81. The Labute approximate surface area is 127 Å². The lowest BCUT2D eigenvalue weighted by molar-refractivity contribution is -0.122. The maximum atomic E-state index is 11.7. The molecule has 6 nitrogen and oxygen atoms in total. The van der Waals surface area contributed by atoms with Gasteiger partial charge in [-0.3, -0.25) is 4.79 Å². The van der Waals surface area contributed by atoms with E-state index in [2.05, 4.69) is 32.8 Å². The lowest BCUT2D eigenvalue weighted by atomic mass is 10.1. The molecule has 6 heteroatoms. The first-order chi connectivity index (χ1) is 9.81. The standard InChI is InChI=1S/C15H27N5O/c1-6-8-17-14-18-10-11(2)13(19-14)16-9-7-12(21)20-15(3,4)5/h10H,6-9H2,1-5H3,(H,20,21)(H2,16,17,18,19). The highest BCUT2D eigenvalue weighted by atomic mass is 16.1. The summed E-state index contributed by atoms with van der Waals surface area (Å²) in [6.45, 7) is 11.3. The third kappa shape index (κ3) is 6.92. The average Bonchev–Trinajstić information content (AvgIpc) is 2.37. The SMILES string of the molecule is CCCNc1ncc(C)c(NCCC(=O)NC(C)(C)C)n1. The van der Waals surface area contributed by atoms with Gasteiger partial charge in [0.05, 0.1) is 0 Å². The minimum absolute atomic E-state index is 0.0334. The summed E-state index contributed by atoms with van der Waals surface area (Å²) in [5.41, 5.74) is 0.771. The first-order valence-electron chi connectivity index (χ1n) is 7.44. The summed E-state index contributed by atoms with van der Waals surface area (Å²) in [6.07, 6.45) is 3.22. The van der Waals surface area contributed by atoms with Gasteiger partial charge in [-0.15, -0.1) is 0 Å². The van der Waals surface area contributed by atoms with Gasteiger partial charge < -0.3 is 16.0 Å². The van der Waals surface area contributed by atoms with Gasteiger partial charge in [-0.25, -0.2) is 4.98 Å². The molecule has 1 amide bonds. The lowest BCUT2D eigenvalue weighted by Gasteiger charge is -2.20. The van der Waals surface area contributed by atoms with Crippen LogP contribution in [0.2, 0.25) is 0 Å². The third-order valence-corrected chi connectivity index (χ3v) is 2.66. The van der Waals surface area contributed by atoms with Crippen LogP contribution >= 0.6 is 0 Å². The first kappa shape index (κ1) is 17.2. The summed E-state index contributed by atoms with van der Waals surface area (Å²) in [6, 6.07) is 0. The molecule has 0 aliphatic carbocycles. The van der Waals surface area contributed by atoms with E-state index in [9.17, 15) is 4.79 Å². The van der Waals surface area contributed by atoms with Crippen molar-refractivity contribution in [2.45, 2.75) is 53.0 Å². The van der Waals surface area contributed by atoms with Crippen molar-refractivity contribution >= 4 is 17.7 Å². The second-order valence-electron chi connectivity index (χ2n) is 6.13. The van der Waals surface area contributed by atoms with Gasteiger partial charge in [-0.1, -0.05) is 6.92 Å². The van der Waals surface area contributed by atoms with E-state index in [4.69, 9.17) is 0 Å². The van der Waals surface area contributed by atoms with E-state index in [0.29, 0.717) is 18.9 Å². The van der Waals surface area contributed by atoms with Gasteiger partial charge in [0.1, 0.15) is 5.82 Å². The number of hydrogen-bond acceptors (Lipinski definition) is 5. The lowest BCUT2D eigenvalue weighted by Crippen LogP contribution is -2.41. The normalized spacial score (nSPS) is 11.1. The highest BCUT2D eigenvalue weighted by Crippen LogP contribution is 2.12. The molecule has 0 fully saturated rings. The van der Waals surface area contributed by atoms with Crippen LogP contribution in [0, 0.1) is 6.92 Å². The number of hydrogen-bond donors (Lipinski definition) is 3. The van der Waals surface area contributed by atoms with E-state index in [-0.39, 0.29) is 11.4 Å². The van der Waals surface area contributed by atoms with Crippen LogP contribution in [0.25, 0.3) is 0 Å². The minimum atomic E-state index is -0.195. The smallest absolute Gasteiger partial charge is 0.224 e. The molecule has 1 heterocycles. The zero-order chi connectivity index (χ0) is 15.9. The molecule has 0 aliphatic rings. The molecule has 0 aromatic carbocycles. The topological polar surface area (TPSA) is 78.9 Å². The van der Waals surface area contributed by atoms with Gasteiger partial charge in [0, 0.05) is 36.8 Å². The Morgan fingerprint density at radius 1 is 1.24 bits per heavy atom. The first-order valence-corrected chi connectivity index (χ1v) is 7.44. The van der Waals surface area contributed by atoms with Gasteiger partial charge in [0.15, 0.2) is 0 Å². The molecule has 0 aliphatic heterocycles. The number of anilines is 2. The van der Waals surface area contributed by atoms with Crippen LogP contribution in [0.15, 0.2) is 6.20 Å². The van der Waals surface area contributed by atoms with Gasteiger partial charge >= 0.3 is 0 Å². The van der Waals surface area contributed by atoms with Crippen molar-refractivity contribution in [2.75, 3.05) is 23.7 Å². The minimum Gasteiger partial charge on any atom is -0.369 e. The van der Waals surface area contributed by atoms with Crippen LogP contribution in [0.1, 0.15) is 46.1 Å². The van der Waals surface area contributed by atoms with E-state index < -0.39 is 0 Å². The Bertz CT molecular complexity index is 468. The number of amides is 1. The predicted octanol–water partition coefficient (Wildman–Crippen LogP) is 2.32. The van der Waals surface area contributed by atoms with E-state index in [1.165, 1.54) is 0 Å². The molecule has 0 bridgehead atoms. The van der Waals surface area contributed by atoms with Crippen molar-refractivity contribution in [3.05, 3.63) is 11.8 Å². The fraction of sp³-hybridized carbons (Fsp3) is 0.667. The molecule has 0 saturated carbocycles. The summed E-state index contributed by atoms with van der Waals surface area (Å²) < 4.78 is 0. The number of carbonyl (C=O) groups excluding carboxylic acids is 1. The maximum absolute atomic E-state index is 11.7. The highest BCUT2D eigenvalue weighted by molar-refractivity contribution is 5.77. The number of aromatic nitrogens is 2. The molecule has 0 radical (unpaired) electrons. The zero-order valence-electron chi connectivity index (χ0n) is 13.7. The van der Waals surface area contributed by atoms with Gasteiger partial charge in [-0.2, -0.15) is 4.98 Å². The molecule has 0 spiro atoms. The van der Waals surface area contributed by atoms with E-state index >= 15 is 0 Å². The summed E-state index contributed by atoms with van der Waals surface area (Å²) >= 11 is 0. The molecule has 21 heavy (non-hydrogen) atoms. The number of nitrogens with zero attached hydrogens (tertiary/aromatic N) is 2. The number of aryl methyl sites for hydroxylation is 1. The fourth-order valence-corrected chi connectivity index (χ4v) is 1.72. The Balaban J connectivity index is 2.49. The van der Waals surface area contributed by atoms with Gasteiger partial charge in [-0.05, 0) is 34.1 Å². The Morgan fingerprint density at radius 3 is 2.57 bits per heavy atom. The van der Waals surface area contributed by atoms with Crippen LogP contribution in [0.3, 0.4) is 0 Å². The number of carbonyl (C=O) groups is 1. The van der Waals surface area contributed by atoms with Crippen LogP contribution in [-0.4, -0.2) is 34.5 Å². The molecule has 1 aromatic rings. The maximum Gasteiger partial charge on any atom is 0.224 e. The predicted molar refractivity (Wildman–Crippen MR) is 86.6 cm³/mol. The van der Waals surface area contributed by atoms with Crippen molar-refractivity contribution in [1.29, 1.82) is 0 Å². The third-order valence-electron chi connectivity index (χ3n) is 2.66. The monoisotopic (exact) mass is 293 g/mol. The average molecular weight is 293 g/mol. The van der Waals surface area contributed by atoms with Crippen molar-refractivity contribution in [3.8, 4) is 0 Å². The van der Waals surface area contributed by atoms with E-state index in [1.54, 1.807) is 6.20 Å². The van der Waals surface area contributed by atoms with Crippen LogP contribution in [0.5, 0.6) is 0 Å². The molecule has 1 aromatic heterocycles. The summed E-state index contributed by atoms with van der Waals surface area (Å²) in [4.78, 5) is 20.4. The molecular weight excluding hydrogens is 266 g/mol. The summed E-state index contributed by atoms with van der Waals surface area (Å²) in [5, 5.41) is 9.28. The Hall–Kier alpha value is -1.85. The summed E-state index contributed by atoms with van der Waals surface area (Å²) in [7, 11) is 0. The summed E-state index contributed by atoms with van der Waals surface area (Å²) in [5.74, 6) is 1.42. The van der Waals surface area contributed by atoms with Crippen molar-refractivity contribution in [3.63, 3.8) is 0 Å². The molecule has 0 saturated heterocycles.